The SMILES string of the molecule is CC(C)=C1CCCCCCCCCCC1[N-]C1c2ccccc2-c2ccccc21.[Cl-].[Cl-].[Ti+3]. The van der Waals surface area contributed by atoms with Crippen LogP contribution in [0.5, 0.6) is 0 Å². The van der Waals surface area contributed by atoms with E-state index in [4.69, 9.17) is 5.32 Å². The number of fused-ring (bicyclic) bond motifs is 3. The van der Waals surface area contributed by atoms with Gasteiger partial charge in [-0.2, -0.15) is 0 Å². The molecule has 0 heterocycles. The second kappa shape index (κ2) is 14.6. The van der Waals surface area contributed by atoms with Crippen LogP contribution in [0.15, 0.2) is 59.7 Å². The molecule has 1 nitrogen and oxygen atoms in total. The van der Waals surface area contributed by atoms with E-state index in [-0.39, 0.29) is 52.6 Å². The maximum absolute atomic E-state index is 5.59. The van der Waals surface area contributed by atoms with Gasteiger partial charge in [-0.15, -0.1) is 6.04 Å². The molecule has 0 aliphatic heterocycles. The molecular weight excluding hydrogens is 469 g/mol. The minimum atomic E-state index is 0. The van der Waals surface area contributed by atoms with Gasteiger partial charge >= 0.3 is 21.7 Å². The van der Waals surface area contributed by atoms with Gasteiger partial charge in [0.05, 0.1) is 0 Å². The first-order chi connectivity index (χ1) is 14.3. The molecule has 1 radical (unpaired) electrons. The second-order valence-electron chi connectivity index (χ2n) is 9.13. The van der Waals surface area contributed by atoms with Crippen molar-refractivity contribution < 1.29 is 46.5 Å². The van der Waals surface area contributed by atoms with E-state index in [1.165, 1.54) is 92.0 Å². The molecule has 0 amide bonds. The van der Waals surface area contributed by atoms with Crippen LogP contribution < -0.4 is 24.8 Å². The van der Waals surface area contributed by atoms with Gasteiger partial charge in [-0.05, 0) is 37.8 Å². The Morgan fingerprint density at radius 3 is 1.69 bits per heavy atom. The fourth-order valence-electron chi connectivity index (χ4n) is 5.27. The second-order valence-corrected chi connectivity index (χ2v) is 9.13. The van der Waals surface area contributed by atoms with Gasteiger partial charge in [0.1, 0.15) is 0 Å². The van der Waals surface area contributed by atoms with Crippen molar-refractivity contribution in [1.29, 1.82) is 0 Å². The maximum atomic E-state index is 5.59. The third kappa shape index (κ3) is 6.97. The molecule has 0 saturated heterocycles. The van der Waals surface area contributed by atoms with Gasteiger partial charge < -0.3 is 30.1 Å². The third-order valence-corrected chi connectivity index (χ3v) is 6.85. The van der Waals surface area contributed by atoms with E-state index in [1.54, 1.807) is 5.57 Å². The first kappa shape index (κ1) is 29.5. The fraction of sp³-hybridized carbons (Fsp3) is 0.500. The van der Waals surface area contributed by atoms with Crippen molar-refractivity contribution in [1.82, 2.24) is 0 Å². The summed E-state index contributed by atoms with van der Waals surface area (Å²) in [4.78, 5) is 0. The predicted octanol–water partition coefficient (Wildman–Crippen LogP) is 2.76. The first-order valence-electron chi connectivity index (χ1n) is 11.8. The summed E-state index contributed by atoms with van der Waals surface area (Å²) >= 11 is 0. The molecule has 0 bridgehead atoms. The van der Waals surface area contributed by atoms with Gasteiger partial charge in [0.25, 0.3) is 0 Å². The molecule has 2 aliphatic rings. The molecule has 1 unspecified atom stereocenters. The van der Waals surface area contributed by atoms with E-state index >= 15 is 0 Å². The van der Waals surface area contributed by atoms with Crippen molar-refractivity contribution in [2.75, 3.05) is 0 Å². The Balaban J connectivity index is 0.00000171. The Labute approximate surface area is 222 Å². The van der Waals surface area contributed by atoms with Gasteiger partial charge in [0, 0.05) is 0 Å². The predicted molar refractivity (Wildman–Crippen MR) is 125 cm³/mol. The van der Waals surface area contributed by atoms with Crippen molar-refractivity contribution in [2.24, 2.45) is 0 Å². The average Bonchev–Trinajstić information content (AvgIpc) is 3.04. The number of hydrogen-bond acceptors (Lipinski definition) is 0. The normalized spacial score (nSPS) is 19.1. The zero-order chi connectivity index (χ0) is 20.1. The van der Waals surface area contributed by atoms with Crippen molar-refractivity contribution in [3.63, 3.8) is 0 Å². The molecule has 1 fully saturated rings. The summed E-state index contributed by atoms with van der Waals surface area (Å²) in [6.07, 6.45) is 13.4. The Morgan fingerprint density at radius 2 is 1.16 bits per heavy atom. The van der Waals surface area contributed by atoms with Crippen molar-refractivity contribution in [3.05, 3.63) is 76.1 Å². The van der Waals surface area contributed by atoms with E-state index in [2.05, 4.69) is 62.4 Å². The molecule has 32 heavy (non-hydrogen) atoms. The van der Waals surface area contributed by atoms with Gasteiger partial charge in [-0.25, -0.2) is 0 Å². The minimum absolute atomic E-state index is 0. The maximum Gasteiger partial charge on any atom is 3.00 e. The topological polar surface area (TPSA) is 14.1 Å². The molecule has 1 atom stereocenters. The van der Waals surface area contributed by atoms with Gasteiger partial charge in [-0.1, -0.05) is 128 Å². The van der Waals surface area contributed by atoms with Crippen LogP contribution in [0, 0.1) is 0 Å². The number of halogens is 2. The quantitative estimate of drug-likeness (QED) is 0.441. The van der Waals surface area contributed by atoms with E-state index in [0.29, 0.717) is 6.04 Å². The summed E-state index contributed by atoms with van der Waals surface area (Å²) in [5, 5.41) is 5.59. The van der Waals surface area contributed by atoms with E-state index in [0.717, 1.165) is 0 Å². The summed E-state index contributed by atoms with van der Waals surface area (Å²) in [5.74, 6) is 0. The van der Waals surface area contributed by atoms with Crippen molar-refractivity contribution in [2.45, 2.75) is 90.1 Å². The molecule has 171 valence electrons. The molecule has 0 aromatic heterocycles. The first-order valence-corrected chi connectivity index (χ1v) is 11.8. The third-order valence-electron chi connectivity index (χ3n) is 6.85. The van der Waals surface area contributed by atoms with Crippen LogP contribution in [0.3, 0.4) is 0 Å². The Morgan fingerprint density at radius 1 is 0.688 bits per heavy atom. The van der Waals surface area contributed by atoms with Crippen LogP contribution in [-0.2, 0) is 21.7 Å². The number of rotatable bonds is 2. The van der Waals surface area contributed by atoms with Crippen LogP contribution in [-0.4, -0.2) is 6.04 Å². The number of hydrogen-bond donors (Lipinski definition) is 0. The molecule has 0 N–H and O–H groups in total. The van der Waals surface area contributed by atoms with Gasteiger partial charge in [-0.3, -0.25) is 0 Å². The van der Waals surface area contributed by atoms with E-state index in [1.807, 2.05) is 0 Å². The molecule has 4 rings (SSSR count). The molecule has 0 spiro atoms. The zero-order valence-corrected chi connectivity index (χ0v) is 22.6. The molecule has 2 aromatic rings. The number of nitrogens with zero attached hydrogens (tertiary/aromatic N) is 1. The minimum Gasteiger partial charge on any atom is -1.00 e. The summed E-state index contributed by atoms with van der Waals surface area (Å²) in [6, 6.07) is 18.4. The summed E-state index contributed by atoms with van der Waals surface area (Å²) < 4.78 is 0. The number of allylic oxidation sites excluding steroid dienone is 1. The largest absolute Gasteiger partial charge is 3.00 e. The van der Waals surface area contributed by atoms with Crippen molar-refractivity contribution in [3.8, 4) is 11.1 Å². The smallest absolute Gasteiger partial charge is 1.00 e. The van der Waals surface area contributed by atoms with Crippen LogP contribution >= 0.6 is 0 Å². The molecule has 2 aliphatic carbocycles. The Hall–Kier alpha value is -0.566. The Bertz CT molecular complexity index is 815. The van der Waals surface area contributed by atoms with Gasteiger partial charge in [0.2, 0.25) is 0 Å². The van der Waals surface area contributed by atoms with Crippen molar-refractivity contribution >= 4 is 0 Å². The van der Waals surface area contributed by atoms with E-state index in [9.17, 15) is 0 Å². The Kier molecular flexibility index (Phi) is 13.5. The zero-order valence-electron chi connectivity index (χ0n) is 19.5. The summed E-state index contributed by atoms with van der Waals surface area (Å²) in [6.45, 7) is 4.61. The van der Waals surface area contributed by atoms with Crippen LogP contribution in [0.2, 0.25) is 0 Å². The summed E-state index contributed by atoms with van der Waals surface area (Å²) in [5.41, 5.74) is 8.66. The average molecular weight is 505 g/mol. The van der Waals surface area contributed by atoms with Gasteiger partial charge in [0.15, 0.2) is 0 Å². The summed E-state index contributed by atoms with van der Waals surface area (Å²) in [7, 11) is 0. The number of benzene rings is 2. The standard InChI is InChI=1S/C28H36N.2ClH.Ti/c1-21(2)22-15-9-7-5-3-4-6-8-10-20-27(22)29-28-25-18-13-11-16-23(25)24-17-12-14-19-26(24)28;;;/h11-14,16-19,27-28H,3-10,15,20H2,1-2H3;2*1H;/q-1;;;+3/p-2. The van der Waals surface area contributed by atoms with Crippen LogP contribution in [0.4, 0.5) is 0 Å². The fourth-order valence-corrected chi connectivity index (χ4v) is 5.27. The van der Waals surface area contributed by atoms with E-state index < -0.39 is 0 Å². The van der Waals surface area contributed by atoms with Crippen LogP contribution in [0.25, 0.3) is 16.4 Å². The molecule has 2 aromatic carbocycles. The van der Waals surface area contributed by atoms with Crippen LogP contribution in [0.1, 0.15) is 95.2 Å². The molecule has 4 heteroatoms. The molecule has 1 saturated carbocycles. The monoisotopic (exact) mass is 504 g/mol. The molecular formula is C28H36Cl2NTi.